The molecule has 0 fully saturated rings. The average molecular weight is 293 g/mol. The molecule has 2 aromatic heterocycles. The predicted octanol–water partition coefficient (Wildman–Crippen LogP) is -0.213. The Morgan fingerprint density at radius 2 is 2.24 bits per heavy atom. The van der Waals surface area contributed by atoms with E-state index >= 15 is 0 Å². The molecule has 2 N–H and O–H groups in total. The Morgan fingerprint density at radius 1 is 1.48 bits per heavy atom. The van der Waals surface area contributed by atoms with E-state index in [4.69, 9.17) is 10.5 Å². The van der Waals surface area contributed by atoms with Gasteiger partial charge in [-0.3, -0.25) is 0 Å². The highest BCUT2D eigenvalue weighted by atomic mass is 16.5. The summed E-state index contributed by atoms with van der Waals surface area (Å²) in [5, 5.41) is 12.1. The minimum atomic E-state index is -0.518. The molecule has 0 aliphatic heterocycles. The highest BCUT2D eigenvalue weighted by Crippen LogP contribution is 2.11. The van der Waals surface area contributed by atoms with E-state index < -0.39 is 5.97 Å². The molecule has 9 heteroatoms. The summed E-state index contributed by atoms with van der Waals surface area (Å²) in [6, 6.07) is 0.184. The number of hydrogen-bond donors (Lipinski definition) is 1. The van der Waals surface area contributed by atoms with Crippen LogP contribution in [-0.2, 0) is 17.7 Å². The molecule has 114 valence electrons. The largest absolute Gasteiger partial charge is 0.464 e. The van der Waals surface area contributed by atoms with Gasteiger partial charge in [0.2, 0.25) is 0 Å². The van der Waals surface area contributed by atoms with Gasteiger partial charge in [0.05, 0.1) is 12.8 Å². The second kappa shape index (κ2) is 6.44. The van der Waals surface area contributed by atoms with Gasteiger partial charge < -0.3 is 10.5 Å². The first kappa shape index (κ1) is 15.1. The topological polar surface area (TPSA) is 114 Å². The lowest BCUT2D eigenvalue weighted by Gasteiger charge is -2.10. The molecule has 0 amide bonds. The molecule has 21 heavy (non-hydrogen) atoms. The van der Waals surface area contributed by atoms with Crippen LogP contribution in [0.4, 0.5) is 0 Å². The van der Waals surface area contributed by atoms with E-state index in [-0.39, 0.29) is 11.7 Å². The SMILES string of the molecule is COC(=O)c1nnn(Cc2ncnn2C(C)C)c1CCN. The maximum Gasteiger partial charge on any atom is 0.360 e. The van der Waals surface area contributed by atoms with Crippen LogP contribution in [0.25, 0.3) is 0 Å². The van der Waals surface area contributed by atoms with Gasteiger partial charge in [-0.15, -0.1) is 5.10 Å². The van der Waals surface area contributed by atoms with E-state index in [9.17, 15) is 4.79 Å². The molecule has 0 unspecified atom stereocenters. The van der Waals surface area contributed by atoms with Crippen molar-refractivity contribution >= 4 is 5.97 Å². The maximum atomic E-state index is 11.7. The van der Waals surface area contributed by atoms with Crippen molar-refractivity contribution in [3.8, 4) is 0 Å². The zero-order valence-electron chi connectivity index (χ0n) is 12.4. The van der Waals surface area contributed by atoms with Crippen molar-refractivity contribution in [2.45, 2.75) is 32.9 Å². The fourth-order valence-corrected chi connectivity index (χ4v) is 2.05. The number of carbonyl (C=O) groups is 1. The lowest BCUT2D eigenvalue weighted by molar-refractivity contribution is 0.0592. The lowest BCUT2D eigenvalue weighted by atomic mass is 10.2. The molecule has 0 aliphatic rings. The number of nitrogens with two attached hydrogens (primary N) is 1. The standard InChI is InChI=1S/C12H19N7O2/c1-8(2)19-10(14-7-15-19)6-18-9(4-5-13)11(16-17-18)12(20)21-3/h7-8H,4-6,13H2,1-3H3. The number of aromatic nitrogens is 6. The van der Waals surface area contributed by atoms with Gasteiger partial charge in [0.25, 0.3) is 0 Å². The van der Waals surface area contributed by atoms with E-state index in [0.717, 1.165) is 5.82 Å². The summed E-state index contributed by atoms with van der Waals surface area (Å²) in [7, 11) is 1.31. The van der Waals surface area contributed by atoms with Crippen LogP contribution in [0, 0.1) is 0 Å². The van der Waals surface area contributed by atoms with Crippen LogP contribution >= 0.6 is 0 Å². The van der Waals surface area contributed by atoms with Gasteiger partial charge in [-0.25, -0.2) is 19.1 Å². The Morgan fingerprint density at radius 3 is 2.86 bits per heavy atom. The van der Waals surface area contributed by atoms with Gasteiger partial charge in [0.15, 0.2) is 5.69 Å². The fourth-order valence-electron chi connectivity index (χ4n) is 2.05. The first-order valence-corrected chi connectivity index (χ1v) is 6.67. The smallest absolute Gasteiger partial charge is 0.360 e. The summed E-state index contributed by atoms with van der Waals surface area (Å²) in [5.41, 5.74) is 6.43. The van der Waals surface area contributed by atoms with Crippen molar-refractivity contribution < 1.29 is 9.53 Å². The van der Waals surface area contributed by atoms with Crippen LogP contribution in [-0.4, -0.2) is 49.4 Å². The van der Waals surface area contributed by atoms with Gasteiger partial charge in [-0.1, -0.05) is 5.21 Å². The Kier molecular flexibility index (Phi) is 4.63. The van der Waals surface area contributed by atoms with E-state index in [2.05, 4.69) is 20.4 Å². The highest BCUT2D eigenvalue weighted by Gasteiger charge is 2.21. The first-order chi connectivity index (χ1) is 10.1. The molecule has 2 heterocycles. The number of nitrogens with zero attached hydrogens (tertiary/aromatic N) is 6. The summed E-state index contributed by atoms with van der Waals surface area (Å²) < 4.78 is 8.12. The molecule has 0 saturated heterocycles. The van der Waals surface area contributed by atoms with Crippen molar-refractivity contribution in [3.63, 3.8) is 0 Å². The van der Waals surface area contributed by atoms with Crippen LogP contribution in [0.15, 0.2) is 6.33 Å². The Bertz CT molecular complexity index is 617. The number of carbonyl (C=O) groups excluding carboxylic acids is 1. The summed E-state index contributed by atoms with van der Waals surface area (Å²) in [4.78, 5) is 15.9. The number of methoxy groups -OCH3 is 1. The van der Waals surface area contributed by atoms with E-state index in [1.807, 2.05) is 13.8 Å². The van der Waals surface area contributed by atoms with Gasteiger partial charge in [-0.2, -0.15) is 5.10 Å². The van der Waals surface area contributed by atoms with E-state index in [1.165, 1.54) is 13.4 Å². The molecular weight excluding hydrogens is 274 g/mol. The monoisotopic (exact) mass is 293 g/mol. The zero-order valence-corrected chi connectivity index (χ0v) is 12.4. The molecule has 0 spiro atoms. The Balaban J connectivity index is 2.33. The van der Waals surface area contributed by atoms with Crippen molar-refractivity contribution in [2.75, 3.05) is 13.7 Å². The normalized spacial score (nSPS) is 11.1. The molecule has 0 atom stereocenters. The summed E-state index contributed by atoms with van der Waals surface area (Å²) >= 11 is 0. The molecule has 2 rings (SSSR count). The van der Waals surface area contributed by atoms with Gasteiger partial charge in [0.1, 0.15) is 18.7 Å². The molecule has 0 bridgehead atoms. The number of esters is 1. The van der Waals surface area contributed by atoms with Crippen molar-refractivity contribution in [2.24, 2.45) is 5.73 Å². The molecule has 0 aliphatic carbocycles. The fraction of sp³-hybridized carbons (Fsp3) is 0.583. The summed E-state index contributed by atoms with van der Waals surface area (Å²) in [5.74, 6) is 0.222. The Hall–Kier alpha value is -2.29. The van der Waals surface area contributed by atoms with Crippen LogP contribution in [0.2, 0.25) is 0 Å². The Labute approximate surface area is 122 Å². The first-order valence-electron chi connectivity index (χ1n) is 6.67. The van der Waals surface area contributed by atoms with Crippen molar-refractivity contribution in [3.05, 3.63) is 23.5 Å². The number of hydrogen-bond acceptors (Lipinski definition) is 7. The highest BCUT2D eigenvalue weighted by molar-refractivity contribution is 5.88. The maximum absolute atomic E-state index is 11.7. The van der Waals surface area contributed by atoms with E-state index in [1.54, 1.807) is 9.36 Å². The number of rotatable bonds is 6. The predicted molar refractivity (Wildman–Crippen MR) is 73.6 cm³/mol. The molecule has 0 saturated carbocycles. The minimum absolute atomic E-state index is 0.184. The second-order valence-electron chi connectivity index (χ2n) is 4.79. The third-order valence-electron chi connectivity index (χ3n) is 3.03. The number of ether oxygens (including phenoxy) is 1. The molecular formula is C12H19N7O2. The lowest BCUT2D eigenvalue weighted by Crippen LogP contribution is -2.17. The van der Waals surface area contributed by atoms with Crippen LogP contribution in [0.5, 0.6) is 0 Å². The summed E-state index contributed by atoms with van der Waals surface area (Å²) in [6.07, 6.45) is 1.98. The van der Waals surface area contributed by atoms with Crippen molar-refractivity contribution in [1.29, 1.82) is 0 Å². The van der Waals surface area contributed by atoms with Gasteiger partial charge in [0, 0.05) is 12.5 Å². The summed E-state index contributed by atoms with van der Waals surface area (Å²) in [6.45, 7) is 4.78. The third kappa shape index (κ3) is 3.07. The van der Waals surface area contributed by atoms with Gasteiger partial charge in [-0.05, 0) is 20.4 Å². The van der Waals surface area contributed by atoms with Gasteiger partial charge >= 0.3 is 5.97 Å². The molecule has 9 nitrogen and oxygen atoms in total. The van der Waals surface area contributed by atoms with Crippen LogP contribution < -0.4 is 5.73 Å². The third-order valence-corrected chi connectivity index (χ3v) is 3.03. The second-order valence-corrected chi connectivity index (χ2v) is 4.79. The van der Waals surface area contributed by atoms with Crippen LogP contribution in [0.3, 0.4) is 0 Å². The molecule has 0 radical (unpaired) electrons. The quantitative estimate of drug-likeness (QED) is 0.733. The zero-order chi connectivity index (χ0) is 15.4. The molecule has 0 aromatic carbocycles. The average Bonchev–Trinajstić information content (AvgIpc) is 3.07. The molecule has 2 aromatic rings. The van der Waals surface area contributed by atoms with Crippen LogP contribution in [0.1, 0.15) is 41.9 Å². The van der Waals surface area contributed by atoms with E-state index in [0.29, 0.717) is 25.2 Å². The minimum Gasteiger partial charge on any atom is -0.464 e. The van der Waals surface area contributed by atoms with Crippen molar-refractivity contribution in [1.82, 2.24) is 29.8 Å².